The van der Waals surface area contributed by atoms with Gasteiger partial charge < -0.3 is 9.47 Å². The summed E-state index contributed by atoms with van der Waals surface area (Å²) in [5.74, 6) is 0.500. The molecule has 1 heterocycles. The molecule has 0 aliphatic heterocycles. The van der Waals surface area contributed by atoms with E-state index in [0.29, 0.717) is 21.4 Å². The number of halogens is 2. The molecule has 6 heteroatoms. The molecule has 0 aliphatic carbocycles. The topological polar surface area (TPSA) is 35.5 Å². The first kappa shape index (κ1) is 14.3. The fourth-order valence-corrected chi connectivity index (χ4v) is 2.80. The van der Waals surface area contributed by atoms with Crippen molar-refractivity contribution in [1.82, 2.24) is 0 Å². The molecular formula is C13H10Cl2O3S. The van der Waals surface area contributed by atoms with Crippen LogP contribution in [0.3, 0.4) is 0 Å². The summed E-state index contributed by atoms with van der Waals surface area (Å²) in [6.45, 7) is 0.0753. The molecule has 0 radical (unpaired) electrons. The smallest absolute Gasteiger partial charge is 0.188 e. The maximum absolute atomic E-state index is 11.0. The van der Waals surface area contributed by atoms with Crippen molar-refractivity contribution in [3.63, 3.8) is 0 Å². The molecule has 1 aromatic carbocycles. The number of hydrogen-bond donors (Lipinski definition) is 0. The van der Waals surface area contributed by atoms with Crippen molar-refractivity contribution in [2.24, 2.45) is 0 Å². The molecule has 100 valence electrons. The highest BCUT2D eigenvalue weighted by molar-refractivity contribution is 7.14. The predicted molar refractivity (Wildman–Crippen MR) is 77.7 cm³/mol. The monoisotopic (exact) mass is 316 g/mol. The number of thiophene rings is 1. The van der Waals surface area contributed by atoms with E-state index in [1.54, 1.807) is 17.5 Å². The Morgan fingerprint density at radius 3 is 2.74 bits per heavy atom. The summed E-state index contributed by atoms with van der Waals surface area (Å²) in [5, 5.41) is 2.67. The molecule has 0 N–H and O–H groups in total. The average Bonchev–Trinajstić information content (AvgIpc) is 2.82. The maximum atomic E-state index is 11.0. The first-order chi connectivity index (χ1) is 9.17. The molecule has 0 amide bonds. The third kappa shape index (κ3) is 3.09. The molecule has 19 heavy (non-hydrogen) atoms. The number of carbonyl (C=O) groups excluding carboxylic acids is 1. The van der Waals surface area contributed by atoms with Gasteiger partial charge in [0.05, 0.1) is 20.5 Å². The van der Waals surface area contributed by atoms with E-state index in [2.05, 4.69) is 0 Å². The number of rotatable bonds is 5. The van der Waals surface area contributed by atoms with Gasteiger partial charge in [0, 0.05) is 12.5 Å². The van der Waals surface area contributed by atoms with Crippen LogP contribution in [-0.4, -0.2) is 20.2 Å². The van der Waals surface area contributed by atoms with Crippen LogP contribution in [0.4, 0.5) is 0 Å². The van der Waals surface area contributed by atoms with Gasteiger partial charge in [0.1, 0.15) is 0 Å². The molecule has 3 nitrogen and oxygen atoms in total. The van der Waals surface area contributed by atoms with Crippen molar-refractivity contribution in [1.29, 1.82) is 0 Å². The van der Waals surface area contributed by atoms with E-state index in [0.717, 1.165) is 16.7 Å². The Morgan fingerprint density at radius 1 is 1.32 bits per heavy atom. The van der Waals surface area contributed by atoms with E-state index in [9.17, 15) is 4.79 Å². The second-order valence-corrected chi connectivity index (χ2v) is 5.34. The molecule has 2 aromatic rings. The lowest BCUT2D eigenvalue weighted by Gasteiger charge is -2.08. The van der Waals surface area contributed by atoms with E-state index in [-0.39, 0.29) is 6.79 Å². The summed E-state index contributed by atoms with van der Waals surface area (Å²) >= 11 is 13.3. The van der Waals surface area contributed by atoms with Crippen LogP contribution in [0.25, 0.3) is 10.4 Å². The fraction of sp³-hybridized carbons (Fsp3) is 0.154. The third-order valence-electron chi connectivity index (χ3n) is 2.40. The predicted octanol–water partition coefficient (Wildman–Crippen LogP) is 4.52. The molecule has 0 unspecified atom stereocenters. The summed E-state index contributed by atoms with van der Waals surface area (Å²) < 4.78 is 10.3. The quantitative estimate of drug-likeness (QED) is 0.601. The van der Waals surface area contributed by atoms with Gasteiger partial charge in [-0.3, -0.25) is 4.79 Å². The van der Waals surface area contributed by atoms with Crippen LogP contribution >= 0.6 is 34.5 Å². The molecule has 0 atom stereocenters. The SMILES string of the molecule is COCOc1c(C=O)csc1-c1ccc(Cl)c(Cl)c1. The van der Waals surface area contributed by atoms with Gasteiger partial charge in [-0.15, -0.1) is 11.3 Å². The van der Waals surface area contributed by atoms with Gasteiger partial charge in [-0.1, -0.05) is 29.3 Å². The number of methoxy groups -OCH3 is 1. The van der Waals surface area contributed by atoms with Gasteiger partial charge in [-0.25, -0.2) is 0 Å². The van der Waals surface area contributed by atoms with Crippen molar-refractivity contribution in [3.8, 4) is 16.2 Å². The van der Waals surface area contributed by atoms with E-state index in [4.69, 9.17) is 32.7 Å². The van der Waals surface area contributed by atoms with Crippen molar-refractivity contribution in [2.75, 3.05) is 13.9 Å². The molecule has 0 spiro atoms. The number of hydrogen-bond acceptors (Lipinski definition) is 4. The second-order valence-electron chi connectivity index (χ2n) is 3.65. The van der Waals surface area contributed by atoms with Crippen LogP contribution in [0.1, 0.15) is 10.4 Å². The molecule has 2 rings (SSSR count). The third-order valence-corrected chi connectivity index (χ3v) is 4.17. The van der Waals surface area contributed by atoms with E-state index < -0.39 is 0 Å². The van der Waals surface area contributed by atoms with Gasteiger partial charge in [0.15, 0.2) is 18.8 Å². The summed E-state index contributed by atoms with van der Waals surface area (Å²) in [5.41, 5.74) is 1.33. The lowest BCUT2D eigenvalue weighted by Crippen LogP contribution is -2.00. The number of ether oxygens (including phenoxy) is 2. The Morgan fingerprint density at radius 2 is 2.11 bits per heavy atom. The second kappa shape index (κ2) is 6.39. The Kier molecular flexibility index (Phi) is 4.82. The first-order valence-electron chi connectivity index (χ1n) is 5.31. The van der Waals surface area contributed by atoms with Gasteiger partial charge in [-0.2, -0.15) is 0 Å². The highest BCUT2D eigenvalue weighted by atomic mass is 35.5. The lowest BCUT2D eigenvalue weighted by atomic mass is 10.1. The van der Waals surface area contributed by atoms with Crippen molar-refractivity contribution >= 4 is 40.8 Å². The zero-order chi connectivity index (χ0) is 13.8. The van der Waals surface area contributed by atoms with Gasteiger partial charge in [-0.05, 0) is 17.7 Å². The molecule has 0 aliphatic rings. The molecule has 0 fully saturated rings. The number of aldehydes is 1. The van der Waals surface area contributed by atoms with E-state index in [1.165, 1.54) is 18.4 Å². The summed E-state index contributed by atoms with van der Waals surface area (Å²) in [6, 6.07) is 5.28. The zero-order valence-electron chi connectivity index (χ0n) is 9.98. The fourth-order valence-electron chi connectivity index (χ4n) is 1.55. The molecule has 0 saturated carbocycles. The largest absolute Gasteiger partial charge is 0.465 e. The standard InChI is InChI=1S/C13H10Cl2O3S/c1-17-7-18-12-9(5-16)6-19-13(12)8-2-3-10(14)11(15)4-8/h2-6H,7H2,1H3. The number of carbonyl (C=O) groups is 1. The van der Waals surface area contributed by atoms with Crippen LogP contribution in [-0.2, 0) is 4.74 Å². The number of benzene rings is 1. The Balaban J connectivity index is 2.45. The van der Waals surface area contributed by atoms with Crippen LogP contribution < -0.4 is 4.74 Å². The zero-order valence-corrected chi connectivity index (χ0v) is 12.3. The maximum Gasteiger partial charge on any atom is 0.188 e. The van der Waals surface area contributed by atoms with Gasteiger partial charge >= 0.3 is 0 Å². The highest BCUT2D eigenvalue weighted by Gasteiger charge is 2.15. The minimum Gasteiger partial charge on any atom is -0.465 e. The molecule has 0 bridgehead atoms. The molecule has 1 aromatic heterocycles. The average molecular weight is 317 g/mol. The van der Waals surface area contributed by atoms with Crippen molar-refractivity contribution in [2.45, 2.75) is 0 Å². The lowest BCUT2D eigenvalue weighted by molar-refractivity contribution is 0.0512. The minimum absolute atomic E-state index is 0.0753. The van der Waals surface area contributed by atoms with E-state index in [1.807, 2.05) is 6.07 Å². The summed E-state index contributed by atoms with van der Waals surface area (Å²) in [7, 11) is 1.52. The first-order valence-corrected chi connectivity index (χ1v) is 6.94. The highest BCUT2D eigenvalue weighted by Crippen LogP contribution is 2.40. The van der Waals surface area contributed by atoms with Crippen LogP contribution in [0.2, 0.25) is 10.0 Å². The van der Waals surface area contributed by atoms with Crippen LogP contribution in [0, 0.1) is 0 Å². The Bertz CT molecular complexity index is 596. The molecule has 0 saturated heterocycles. The molecular weight excluding hydrogens is 307 g/mol. The van der Waals surface area contributed by atoms with Crippen LogP contribution in [0.5, 0.6) is 5.75 Å². The van der Waals surface area contributed by atoms with Gasteiger partial charge in [0.25, 0.3) is 0 Å². The minimum atomic E-state index is 0.0753. The summed E-state index contributed by atoms with van der Waals surface area (Å²) in [4.78, 5) is 11.8. The van der Waals surface area contributed by atoms with Crippen molar-refractivity contribution < 1.29 is 14.3 Å². The Labute approximate surface area is 124 Å². The van der Waals surface area contributed by atoms with Crippen LogP contribution in [0.15, 0.2) is 23.6 Å². The normalized spacial score (nSPS) is 10.5. The van der Waals surface area contributed by atoms with Gasteiger partial charge in [0.2, 0.25) is 0 Å². The summed E-state index contributed by atoms with van der Waals surface area (Å²) in [6.07, 6.45) is 0.752. The Hall–Kier alpha value is -1.07. The van der Waals surface area contributed by atoms with E-state index >= 15 is 0 Å². The van der Waals surface area contributed by atoms with Crippen molar-refractivity contribution in [3.05, 3.63) is 39.2 Å².